The second-order valence-corrected chi connectivity index (χ2v) is 7.76. The van der Waals surface area contributed by atoms with Crippen molar-refractivity contribution in [2.24, 2.45) is 0 Å². The normalized spacial score (nSPS) is 12.0. The van der Waals surface area contributed by atoms with E-state index in [4.69, 9.17) is 19.8 Å². The van der Waals surface area contributed by atoms with Gasteiger partial charge in [-0.1, -0.05) is 13.8 Å². The van der Waals surface area contributed by atoms with Gasteiger partial charge in [-0.2, -0.15) is 23.3 Å². The van der Waals surface area contributed by atoms with Crippen molar-refractivity contribution in [1.29, 1.82) is 0 Å². The number of ether oxygens (including phenoxy) is 1. The number of hydrogen-bond acceptors (Lipinski definition) is 9. The summed E-state index contributed by atoms with van der Waals surface area (Å²) in [5.41, 5.74) is 1.94. The number of rotatable bonds is 13. The Morgan fingerprint density at radius 3 is 2.40 bits per heavy atom. The maximum absolute atomic E-state index is 12.6. The highest BCUT2D eigenvalue weighted by atomic mass is 19.4. The lowest BCUT2D eigenvalue weighted by atomic mass is 10.3. The monoisotopic (exact) mass is 495 g/mol. The van der Waals surface area contributed by atoms with Gasteiger partial charge in [-0.05, 0) is 33.0 Å². The lowest BCUT2D eigenvalue weighted by Gasteiger charge is -2.20. The number of nitrogens with one attached hydrogen (secondary N) is 1. The molecule has 0 aliphatic heterocycles. The highest BCUT2D eigenvalue weighted by molar-refractivity contribution is 5.90. The zero-order chi connectivity index (χ0) is 25.4. The van der Waals surface area contributed by atoms with Gasteiger partial charge in [0, 0.05) is 25.8 Å². The molecule has 13 heteroatoms. The summed E-state index contributed by atoms with van der Waals surface area (Å²) in [5, 5.41) is 7.95. The summed E-state index contributed by atoms with van der Waals surface area (Å²) >= 11 is 0. The maximum Gasteiger partial charge on any atom is 0.411 e. The molecule has 0 atom stereocenters. The molecule has 0 saturated carbocycles. The van der Waals surface area contributed by atoms with Gasteiger partial charge in [0.05, 0.1) is 13.2 Å². The minimum absolute atomic E-state index is 0.108. The molecule has 0 amide bonds. The van der Waals surface area contributed by atoms with Crippen molar-refractivity contribution in [2.45, 2.75) is 47.0 Å². The summed E-state index contributed by atoms with van der Waals surface area (Å²) in [4.78, 5) is 22.0. The Morgan fingerprint density at radius 2 is 1.80 bits per heavy atom. The second-order valence-electron chi connectivity index (χ2n) is 7.76. The third-order valence-electron chi connectivity index (χ3n) is 5.50. The highest BCUT2D eigenvalue weighted by Gasteiger charge is 2.27. The van der Waals surface area contributed by atoms with Crippen LogP contribution in [0, 0.1) is 0 Å². The maximum atomic E-state index is 12.6. The van der Waals surface area contributed by atoms with E-state index in [9.17, 15) is 13.2 Å². The molecule has 0 aromatic carbocycles. The van der Waals surface area contributed by atoms with Crippen LogP contribution in [0.2, 0.25) is 0 Å². The third-order valence-corrected chi connectivity index (χ3v) is 5.50. The van der Waals surface area contributed by atoms with E-state index in [1.807, 2.05) is 18.7 Å². The van der Waals surface area contributed by atoms with Gasteiger partial charge in [0.25, 0.3) is 0 Å². The average Bonchev–Trinajstić information content (AvgIpc) is 3.18. The smallest absolute Gasteiger partial charge is 0.370 e. The first-order chi connectivity index (χ1) is 16.8. The van der Waals surface area contributed by atoms with Gasteiger partial charge in [0.2, 0.25) is 5.95 Å². The topological polar surface area (TPSA) is 97.1 Å². The van der Waals surface area contributed by atoms with E-state index < -0.39 is 12.8 Å². The second kappa shape index (κ2) is 12.1. The Labute approximate surface area is 202 Å². The van der Waals surface area contributed by atoms with Gasteiger partial charge in [-0.25, -0.2) is 15.0 Å². The van der Waals surface area contributed by atoms with E-state index in [-0.39, 0.29) is 13.2 Å². The van der Waals surface area contributed by atoms with Crippen LogP contribution in [0.25, 0.3) is 11.0 Å². The van der Waals surface area contributed by atoms with Crippen molar-refractivity contribution in [1.82, 2.24) is 34.6 Å². The molecular formula is C22H32F3N9O. The Bertz CT molecular complexity index is 1070. The SMILES string of the molecule is CCN(CC)Cc1nn(CCOCC(F)(F)F)c2c(Nc3ccncn3)nc(N(CC)CC)nc12. The average molecular weight is 496 g/mol. The number of fused-ring (bicyclic) bond motifs is 1. The molecule has 35 heavy (non-hydrogen) atoms. The van der Waals surface area contributed by atoms with Crippen molar-refractivity contribution >= 4 is 28.6 Å². The highest BCUT2D eigenvalue weighted by Crippen LogP contribution is 2.29. The van der Waals surface area contributed by atoms with Crippen molar-refractivity contribution in [3.05, 3.63) is 24.3 Å². The predicted octanol–water partition coefficient (Wildman–Crippen LogP) is 3.63. The molecule has 0 fully saturated rings. The molecule has 0 spiro atoms. The number of alkyl halides is 3. The molecule has 0 aliphatic rings. The number of anilines is 3. The van der Waals surface area contributed by atoms with Crippen LogP contribution in [0.4, 0.5) is 30.8 Å². The molecule has 192 valence electrons. The summed E-state index contributed by atoms with van der Waals surface area (Å²) in [7, 11) is 0. The predicted molar refractivity (Wildman–Crippen MR) is 128 cm³/mol. The van der Waals surface area contributed by atoms with E-state index in [1.54, 1.807) is 16.9 Å². The van der Waals surface area contributed by atoms with Gasteiger partial charge in [0.15, 0.2) is 5.82 Å². The lowest BCUT2D eigenvalue weighted by molar-refractivity contribution is -0.174. The van der Waals surface area contributed by atoms with Gasteiger partial charge < -0.3 is 15.0 Å². The summed E-state index contributed by atoms with van der Waals surface area (Å²) in [5.74, 6) is 1.52. The van der Waals surface area contributed by atoms with E-state index in [2.05, 4.69) is 34.0 Å². The van der Waals surface area contributed by atoms with Crippen molar-refractivity contribution in [3.63, 3.8) is 0 Å². The van der Waals surface area contributed by atoms with Crippen molar-refractivity contribution < 1.29 is 17.9 Å². The Hall–Kier alpha value is -3.06. The fraction of sp³-hybridized carbons (Fsp3) is 0.591. The summed E-state index contributed by atoms with van der Waals surface area (Å²) < 4.78 is 44.1. The minimum atomic E-state index is -4.39. The summed E-state index contributed by atoms with van der Waals surface area (Å²) in [6.07, 6.45) is -1.37. The summed E-state index contributed by atoms with van der Waals surface area (Å²) in [6, 6.07) is 1.70. The Balaban J connectivity index is 2.10. The van der Waals surface area contributed by atoms with Crippen LogP contribution in [0.1, 0.15) is 33.4 Å². The Morgan fingerprint density at radius 1 is 1.06 bits per heavy atom. The van der Waals surface area contributed by atoms with Crippen molar-refractivity contribution in [3.8, 4) is 0 Å². The molecule has 3 aromatic heterocycles. The van der Waals surface area contributed by atoms with Gasteiger partial charge >= 0.3 is 6.18 Å². The molecule has 0 saturated heterocycles. The molecule has 1 N–H and O–H groups in total. The molecule has 0 aliphatic carbocycles. The lowest BCUT2D eigenvalue weighted by Crippen LogP contribution is -2.25. The van der Waals surface area contributed by atoms with E-state index in [0.29, 0.717) is 48.3 Å². The van der Waals surface area contributed by atoms with Gasteiger partial charge in [-0.3, -0.25) is 9.58 Å². The van der Waals surface area contributed by atoms with Crippen LogP contribution in [-0.2, 0) is 17.8 Å². The van der Waals surface area contributed by atoms with E-state index >= 15 is 0 Å². The van der Waals surface area contributed by atoms with Crippen LogP contribution in [0.5, 0.6) is 0 Å². The Kier molecular flexibility index (Phi) is 9.15. The largest absolute Gasteiger partial charge is 0.411 e. The fourth-order valence-electron chi connectivity index (χ4n) is 3.62. The first-order valence-electron chi connectivity index (χ1n) is 11.7. The van der Waals surface area contributed by atoms with Crippen LogP contribution in [0.3, 0.4) is 0 Å². The van der Waals surface area contributed by atoms with Gasteiger partial charge in [0.1, 0.15) is 35.5 Å². The molecule has 0 radical (unpaired) electrons. The van der Waals surface area contributed by atoms with Crippen LogP contribution < -0.4 is 10.2 Å². The summed E-state index contributed by atoms with van der Waals surface area (Å²) in [6.45, 7) is 10.4. The third kappa shape index (κ3) is 6.98. The molecule has 10 nitrogen and oxygen atoms in total. The zero-order valence-corrected chi connectivity index (χ0v) is 20.5. The molecule has 0 bridgehead atoms. The van der Waals surface area contributed by atoms with Crippen LogP contribution >= 0.6 is 0 Å². The van der Waals surface area contributed by atoms with E-state index in [1.165, 1.54) is 6.33 Å². The molecule has 3 heterocycles. The van der Waals surface area contributed by atoms with Crippen molar-refractivity contribution in [2.75, 3.05) is 49.6 Å². The first-order valence-corrected chi connectivity index (χ1v) is 11.7. The number of aromatic nitrogens is 6. The van der Waals surface area contributed by atoms with Gasteiger partial charge in [-0.15, -0.1) is 0 Å². The molecule has 3 aromatic rings. The number of halogens is 3. The number of hydrogen-bond donors (Lipinski definition) is 1. The molecule has 3 rings (SSSR count). The fourth-order valence-corrected chi connectivity index (χ4v) is 3.62. The quantitative estimate of drug-likeness (QED) is 0.357. The zero-order valence-electron chi connectivity index (χ0n) is 20.5. The van der Waals surface area contributed by atoms with Crippen LogP contribution in [0.15, 0.2) is 18.6 Å². The van der Waals surface area contributed by atoms with E-state index in [0.717, 1.165) is 18.8 Å². The minimum Gasteiger partial charge on any atom is -0.370 e. The molecular weight excluding hydrogens is 463 g/mol. The molecule has 0 unspecified atom stereocenters. The standard InChI is InChI=1S/C22H32F3N9O/c1-5-32(6-2)13-16-18-19(34(31-16)11-12-35-14-22(23,24)25)20(28-17-9-10-26-15-27-17)30-21(29-18)33(7-3)8-4/h9-10,15H,5-8,11-14H2,1-4H3,(H,26,27,28,29,30). The number of nitrogens with zero attached hydrogens (tertiary/aromatic N) is 8. The van der Waals surface area contributed by atoms with Crippen LogP contribution in [-0.4, -0.2) is 80.2 Å². The first kappa shape index (κ1) is 26.5.